The van der Waals surface area contributed by atoms with Crippen LogP contribution < -0.4 is 11.3 Å². The van der Waals surface area contributed by atoms with Gasteiger partial charge < -0.3 is 0 Å². The molecule has 0 spiro atoms. The lowest BCUT2D eigenvalue weighted by Gasteiger charge is -2.24. The molecule has 2 rings (SSSR count). The van der Waals surface area contributed by atoms with Crippen molar-refractivity contribution in [2.45, 2.75) is 38.6 Å². The summed E-state index contributed by atoms with van der Waals surface area (Å²) in [6, 6.07) is 5.68. The van der Waals surface area contributed by atoms with E-state index in [-0.39, 0.29) is 6.04 Å². The van der Waals surface area contributed by atoms with Crippen molar-refractivity contribution in [3.8, 4) is 0 Å². The molecule has 0 amide bonds. The van der Waals surface area contributed by atoms with Crippen LogP contribution >= 0.6 is 23.2 Å². The molecule has 0 aromatic heterocycles. The van der Waals surface area contributed by atoms with Crippen molar-refractivity contribution in [3.63, 3.8) is 0 Å². The Labute approximate surface area is 119 Å². The van der Waals surface area contributed by atoms with Crippen LogP contribution in [0.5, 0.6) is 0 Å². The maximum Gasteiger partial charge on any atom is 0.0503 e. The standard InChI is InChI=1S/C14H20Cl2N2/c1-2-9-3-4-10(7-9)14(18-17)12-8-11(15)5-6-13(12)16/h5-6,8-10,14,18H,2-4,7,17H2,1H3. The molecule has 1 aromatic rings. The molecule has 1 saturated carbocycles. The minimum atomic E-state index is 0.104. The fourth-order valence-electron chi connectivity index (χ4n) is 3.02. The van der Waals surface area contributed by atoms with Gasteiger partial charge in [-0.2, -0.15) is 0 Å². The van der Waals surface area contributed by atoms with Gasteiger partial charge in [-0.25, -0.2) is 0 Å². The lowest BCUT2D eigenvalue weighted by molar-refractivity contribution is 0.358. The first kappa shape index (κ1) is 14.1. The van der Waals surface area contributed by atoms with E-state index in [1.54, 1.807) is 0 Å². The van der Waals surface area contributed by atoms with Gasteiger partial charge in [0.05, 0.1) is 6.04 Å². The Morgan fingerprint density at radius 1 is 1.39 bits per heavy atom. The van der Waals surface area contributed by atoms with Crippen molar-refractivity contribution in [1.82, 2.24) is 5.43 Å². The van der Waals surface area contributed by atoms with Crippen LogP contribution in [0.25, 0.3) is 0 Å². The molecule has 1 aliphatic carbocycles. The topological polar surface area (TPSA) is 38.0 Å². The first-order valence-electron chi connectivity index (χ1n) is 6.56. The maximum atomic E-state index is 6.26. The normalized spacial score (nSPS) is 25.3. The van der Waals surface area contributed by atoms with Crippen LogP contribution in [0.2, 0.25) is 10.0 Å². The second-order valence-corrected chi connectivity index (χ2v) is 6.00. The molecule has 0 heterocycles. The molecule has 0 aliphatic heterocycles. The first-order chi connectivity index (χ1) is 8.65. The number of nitrogens with one attached hydrogen (secondary N) is 1. The van der Waals surface area contributed by atoms with E-state index in [1.807, 2.05) is 18.2 Å². The van der Waals surface area contributed by atoms with Gasteiger partial charge in [-0.05, 0) is 48.4 Å². The van der Waals surface area contributed by atoms with E-state index < -0.39 is 0 Å². The minimum absolute atomic E-state index is 0.104. The third-order valence-electron chi connectivity index (χ3n) is 4.10. The van der Waals surface area contributed by atoms with Gasteiger partial charge in [0.15, 0.2) is 0 Å². The zero-order valence-corrected chi connectivity index (χ0v) is 12.1. The average Bonchev–Trinajstić information content (AvgIpc) is 2.83. The molecule has 1 fully saturated rings. The van der Waals surface area contributed by atoms with Crippen molar-refractivity contribution in [3.05, 3.63) is 33.8 Å². The summed E-state index contributed by atoms with van der Waals surface area (Å²) in [5, 5.41) is 1.45. The predicted molar refractivity (Wildman–Crippen MR) is 77.6 cm³/mol. The fourth-order valence-corrected chi connectivity index (χ4v) is 3.44. The van der Waals surface area contributed by atoms with E-state index in [1.165, 1.54) is 25.7 Å². The summed E-state index contributed by atoms with van der Waals surface area (Å²) in [6.07, 6.45) is 4.96. The Hall–Kier alpha value is -0.280. The van der Waals surface area contributed by atoms with E-state index in [4.69, 9.17) is 29.0 Å². The third kappa shape index (κ3) is 3.00. The largest absolute Gasteiger partial charge is 0.271 e. The highest BCUT2D eigenvalue weighted by atomic mass is 35.5. The van der Waals surface area contributed by atoms with Crippen LogP contribution in [0.15, 0.2) is 18.2 Å². The Morgan fingerprint density at radius 2 is 2.17 bits per heavy atom. The quantitative estimate of drug-likeness (QED) is 0.639. The highest BCUT2D eigenvalue weighted by molar-refractivity contribution is 6.33. The lowest BCUT2D eigenvalue weighted by Crippen LogP contribution is -2.33. The van der Waals surface area contributed by atoms with Crippen LogP contribution in [0.3, 0.4) is 0 Å². The van der Waals surface area contributed by atoms with E-state index in [0.29, 0.717) is 10.9 Å². The van der Waals surface area contributed by atoms with Crippen molar-refractivity contribution < 1.29 is 0 Å². The molecular formula is C14H20Cl2N2. The molecule has 1 aromatic carbocycles. The highest BCUT2D eigenvalue weighted by Crippen LogP contribution is 2.42. The summed E-state index contributed by atoms with van der Waals surface area (Å²) < 4.78 is 0. The Kier molecular flexibility index (Phi) is 4.91. The van der Waals surface area contributed by atoms with Crippen molar-refractivity contribution in [2.75, 3.05) is 0 Å². The van der Waals surface area contributed by atoms with E-state index in [9.17, 15) is 0 Å². The van der Waals surface area contributed by atoms with Crippen molar-refractivity contribution in [1.29, 1.82) is 0 Å². The molecule has 0 radical (unpaired) electrons. The van der Waals surface area contributed by atoms with Gasteiger partial charge in [0.2, 0.25) is 0 Å². The average molecular weight is 287 g/mol. The number of hydrogen-bond donors (Lipinski definition) is 2. The summed E-state index contributed by atoms with van der Waals surface area (Å²) in [6.45, 7) is 2.25. The van der Waals surface area contributed by atoms with Gasteiger partial charge in [-0.3, -0.25) is 11.3 Å². The smallest absolute Gasteiger partial charge is 0.0503 e. The maximum absolute atomic E-state index is 6.26. The van der Waals surface area contributed by atoms with Crippen molar-refractivity contribution in [2.24, 2.45) is 17.7 Å². The van der Waals surface area contributed by atoms with Gasteiger partial charge in [0.25, 0.3) is 0 Å². The van der Waals surface area contributed by atoms with Crippen molar-refractivity contribution >= 4 is 23.2 Å². The van der Waals surface area contributed by atoms with Crippen LogP contribution in [0.4, 0.5) is 0 Å². The molecule has 0 bridgehead atoms. The van der Waals surface area contributed by atoms with E-state index >= 15 is 0 Å². The molecule has 2 nitrogen and oxygen atoms in total. The molecule has 18 heavy (non-hydrogen) atoms. The summed E-state index contributed by atoms with van der Waals surface area (Å²) in [4.78, 5) is 0. The molecule has 3 unspecified atom stereocenters. The Balaban J connectivity index is 2.20. The molecule has 4 heteroatoms. The number of rotatable bonds is 4. The number of nitrogens with two attached hydrogens (primary N) is 1. The Bertz CT molecular complexity index is 409. The van der Waals surface area contributed by atoms with Gasteiger partial charge in [0.1, 0.15) is 0 Å². The second kappa shape index (κ2) is 6.25. The Morgan fingerprint density at radius 3 is 2.78 bits per heavy atom. The van der Waals surface area contributed by atoms with Crippen LogP contribution in [-0.4, -0.2) is 0 Å². The molecule has 3 atom stereocenters. The molecule has 1 aliphatic rings. The summed E-state index contributed by atoms with van der Waals surface area (Å²) >= 11 is 12.3. The van der Waals surface area contributed by atoms with Crippen LogP contribution in [0.1, 0.15) is 44.2 Å². The molecular weight excluding hydrogens is 267 g/mol. The van der Waals surface area contributed by atoms with Gasteiger partial charge >= 0.3 is 0 Å². The molecule has 0 saturated heterocycles. The number of hydrogen-bond acceptors (Lipinski definition) is 2. The summed E-state index contributed by atoms with van der Waals surface area (Å²) in [7, 11) is 0. The van der Waals surface area contributed by atoms with E-state index in [2.05, 4.69) is 12.3 Å². The van der Waals surface area contributed by atoms with E-state index in [0.717, 1.165) is 16.5 Å². The zero-order valence-electron chi connectivity index (χ0n) is 10.6. The van der Waals surface area contributed by atoms with Gasteiger partial charge in [0, 0.05) is 10.0 Å². The third-order valence-corrected chi connectivity index (χ3v) is 4.68. The molecule has 3 N–H and O–H groups in total. The highest BCUT2D eigenvalue weighted by Gasteiger charge is 2.31. The summed E-state index contributed by atoms with van der Waals surface area (Å²) in [5.74, 6) is 7.11. The van der Waals surface area contributed by atoms with Crippen LogP contribution in [-0.2, 0) is 0 Å². The number of halogens is 2. The second-order valence-electron chi connectivity index (χ2n) is 5.16. The fraction of sp³-hybridized carbons (Fsp3) is 0.571. The molecule has 100 valence electrons. The van der Waals surface area contributed by atoms with Gasteiger partial charge in [-0.1, -0.05) is 43.0 Å². The summed E-state index contributed by atoms with van der Waals surface area (Å²) in [5.41, 5.74) is 3.95. The number of benzene rings is 1. The monoisotopic (exact) mass is 286 g/mol. The SMILES string of the molecule is CCC1CCC(C(NN)c2cc(Cl)ccc2Cl)C1. The predicted octanol–water partition coefficient (Wildman–Crippen LogP) is 4.32. The van der Waals surface area contributed by atoms with Gasteiger partial charge in [-0.15, -0.1) is 0 Å². The zero-order chi connectivity index (χ0) is 13.1. The lowest BCUT2D eigenvalue weighted by atomic mass is 9.91. The number of hydrazine groups is 1. The minimum Gasteiger partial charge on any atom is -0.271 e. The van der Waals surface area contributed by atoms with Crippen LogP contribution in [0, 0.1) is 11.8 Å². The first-order valence-corrected chi connectivity index (χ1v) is 7.32.